The van der Waals surface area contributed by atoms with Crippen LogP contribution < -0.4 is 20.2 Å². The molecule has 0 radical (unpaired) electrons. The van der Waals surface area contributed by atoms with Gasteiger partial charge in [-0.2, -0.15) is 10.4 Å². The molecule has 174 valence electrons. The van der Waals surface area contributed by atoms with Crippen molar-refractivity contribution in [1.82, 2.24) is 10.7 Å². The van der Waals surface area contributed by atoms with Crippen molar-refractivity contribution in [3.8, 4) is 17.6 Å². The summed E-state index contributed by atoms with van der Waals surface area (Å²) in [6, 6.07) is 10.6. The number of benzene rings is 2. The second kappa shape index (κ2) is 12.7. The molecule has 33 heavy (non-hydrogen) atoms. The number of ether oxygens (including phenoxy) is 2. The molecule has 2 amide bonds. The Bertz CT molecular complexity index is 1070. The van der Waals surface area contributed by atoms with Crippen LogP contribution in [0.1, 0.15) is 36.7 Å². The Kier molecular flexibility index (Phi) is 9.98. The van der Waals surface area contributed by atoms with E-state index in [2.05, 4.69) is 15.8 Å². The molecule has 0 aliphatic carbocycles. The number of nitrogens with one attached hydrogen (secondary N) is 2. The van der Waals surface area contributed by atoms with E-state index in [9.17, 15) is 9.59 Å². The van der Waals surface area contributed by atoms with E-state index in [4.69, 9.17) is 37.9 Å². The molecule has 0 saturated heterocycles. The van der Waals surface area contributed by atoms with Crippen LogP contribution in [0.25, 0.3) is 0 Å². The third-order valence-electron chi connectivity index (χ3n) is 4.36. The van der Waals surface area contributed by atoms with Gasteiger partial charge in [0.2, 0.25) is 0 Å². The number of carbonyl (C=O) groups excluding carboxylic acids is 2. The summed E-state index contributed by atoms with van der Waals surface area (Å²) in [7, 11) is 0. The zero-order valence-electron chi connectivity index (χ0n) is 18.4. The number of rotatable bonds is 10. The van der Waals surface area contributed by atoms with Crippen molar-refractivity contribution in [2.24, 2.45) is 11.0 Å². The van der Waals surface area contributed by atoms with E-state index in [0.717, 1.165) is 0 Å². The van der Waals surface area contributed by atoms with Crippen molar-refractivity contribution in [3.05, 3.63) is 57.6 Å². The molecule has 0 aromatic heterocycles. The third kappa shape index (κ3) is 7.67. The minimum atomic E-state index is -0.845. The molecule has 0 saturated carbocycles. The molecule has 0 fully saturated rings. The lowest BCUT2D eigenvalue weighted by Crippen LogP contribution is -2.48. The van der Waals surface area contributed by atoms with Crippen LogP contribution in [0.2, 0.25) is 10.0 Å². The van der Waals surface area contributed by atoms with E-state index in [-0.39, 0.29) is 23.1 Å². The molecular weight excluding hydrogens is 467 g/mol. The fourth-order valence-corrected chi connectivity index (χ4v) is 3.26. The molecule has 0 bridgehead atoms. The first-order chi connectivity index (χ1) is 15.8. The molecule has 0 spiro atoms. The standard InChI is InChI=1S/C23H24Cl2N4O4/c1-4-32-20-11-15(5-8-19(20)33-10-9-26)13-27-29-23(31)21(14(2)3)28-22(30)17-7-6-16(24)12-18(17)25/h5-8,11-14,21H,4,10H2,1-3H3,(H,28,30)(H,29,31). The highest BCUT2D eigenvalue weighted by Gasteiger charge is 2.25. The van der Waals surface area contributed by atoms with Crippen LogP contribution in [0.5, 0.6) is 11.5 Å². The van der Waals surface area contributed by atoms with E-state index in [1.165, 1.54) is 18.3 Å². The molecule has 1 unspecified atom stereocenters. The molecule has 8 nitrogen and oxygen atoms in total. The third-order valence-corrected chi connectivity index (χ3v) is 4.91. The number of amides is 2. The number of hydrogen-bond donors (Lipinski definition) is 2. The lowest BCUT2D eigenvalue weighted by Gasteiger charge is -2.20. The topological polar surface area (TPSA) is 113 Å². The number of hydrazone groups is 1. The van der Waals surface area contributed by atoms with Crippen molar-refractivity contribution >= 4 is 41.2 Å². The Balaban J connectivity index is 2.07. The SMILES string of the molecule is CCOc1cc(C=NNC(=O)C(NC(=O)c2ccc(Cl)cc2Cl)C(C)C)ccc1OCC#N. The van der Waals surface area contributed by atoms with Crippen LogP contribution in [-0.4, -0.2) is 37.3 Å². The van der Waals surface area contributed by atoms with Gasteiger partial charge in [-0.15, -0.1) is 0 Å². The Morgan fingerprint density at radius 1 is 1.15 bits per heavy atom. The second-order valence-corrected chi connectivity index (χ2v) is 7.98. The maximum Gasteiger partial charge on any atom is 0.262 e. The molecule has 0 aliphatic rings. The second-order valence-electron chi connectivity index (χ2n) is 7.14. The van der Waals surface area contributed by atoms with Crippen molar-refractivity contribution < 1.29 is 19.1 Å². The van der Waals surface area contributed by atoms with Gasteiger partial charge in [-0.25, -0.2) is 5.43 Å². The summed E-state index contributed by atoms with van der Waals surface area (Å²) in [5, 5.41) is 15.9. The minimum Gasteiger partial charge on any atom is -0.490 e. The summed E-state index contributed by atoms with van der Waals surface area (Å²) in [5.41, 5.74) is 3.29. The monoisotopic (exact) mass is 490 g/mol. The van der Waals surface area contributed by atoms with Gasteiger partial charge in [-0.05, 0) is 54.8 Å². The van der Waals surface area contributed by atoms with Gasteiger partial charge in [0.15, 0.2) is 18.1 Å². The number of nitriles is 1. The Labute approximate surface area is 202 Å². The molecule has 2 aromatic carbocycles. The highest BCUT2D eigenvalue weighted by molar-refractivity contribution is 6.36. The molecule has 1 atom stereocenters. The first-order valence-electron chi connectivity index (χ1n) is 10.1. The fourth-order valence-electron chi connectivity index (χ4n) is 2.77. The maximum absolute atomic E-state index is 12.7. The van der Waals surface area contributed by atoms with E-state index >= 15 is 0 Å². The predicted molar refractivity (Wildman–Crippen MR) is 127 cm³/mol. The van der Waals surface area contributed by atoms with E-state index in [1.807, 2.05) is 13.0 Å². The normalized spacial score (nSPS) is 11.7. The van der Waals surface area contributed by atoms with Crippen LogP contribution in [-0.2, 0) is 4.79 Å². The first kappa shape index (κ1) is 26.0. The van der Waals surface area contributed by atoms with Crippen LogP contribution >= 0.6 is 23.2 Å². The summed E-state index contributed by atoms with van der Waals surface area (Å²) in [6.45, 7) is 5.73. The number of halogens is 2. The minimum absolute atomic E-state index is 0.104. The van der Waals surface area contributed by atoms with Crippen molar-refractivity contribution in [2.45, 2.75) is 26.8 Å². The lowest BCUT2D eigenvalue weighted by atomic mass is 10.0. The number of nitrogens with zero attached hydrogens (tertiary/aromatic N) is 2. The van der Waals surface area contributed by atoms with E-state index in [0.29, 0.717) is 28.7 Å². The van der Waals surface area contributed by atoms with Crippen LogP contribution in [0, 0.1) is 17.2 Å². The first-order valence-corrected chi connectivity index (χ1v) is 10.9. The smallest absolute Gasteiger partial charge is 0.262 e. The van der Waals surface area contributed by atoms with Crippen molar-refractivity contribution in [2.75, 3.05) is 13.2 Å². The summed E-state index contributed by atoms with van der Waals surface area (Å²) in [5.74, 6) is -0.308. The molecular formula is C23H24Cl2N4O4. The molecule has 2 aromatic rings. The van der Waals surface area contributed by atoms with Crippen LogP contribution in [0.4, 0.5) is 0 Å². The molecule has 2 N–H and O–H groups in total. The quantitative estimate of drug-likeness (QED) is 0.382. The van der Waals surface area contributed by atoms with E-state index in [1.54, 1.807) is 38.1 Å². The Hall–Kier alpha value is -3.28. The largest absolute Gasteiger partial charge is 0.490 e. The van der Waals surface area contributed by atoms with E-state index < -0.39 is 17.9 Å². The molecule has 0 heterocycles. The van der Waals surface area contributed by atoms with Crippen LogP contribution in [0.3, 0.4) is 0 Å². The van der Waals surface area contributed by atoms with Crippen molar-refractivity contribution in [3.63, 3.8) is 0 Å². The number of carbonyl (C=O) groups is 2. The average molecular weight is 491 g/mol. The zero-order chi connectivity index (χ0) is 24.4. The van der Waals surface area contributed by atoms with Gasteiger partial charge in [-0.3, -0.25) is 9.59 Å². The summed E-state index contributed by atoms with van der Waals surface area (Å²) in [4.78, 5) is 25.2. The van der Waals surface area contributed by atoms with Gasteiger partial charge in [0.05, 0.1) is 23.4 Å². The summed E-state index contributed by atoms with van der Waals surface area (Å²) < 4.78 is 10.9. The van der Waals surface area contributed by atoms with Crippen LogP contribution in [0.15, 0.2) is 41.5 Å². The van der Waals surface area contributed by atoms with Gasteiger partial charge in [0.1, 0.15) is 12.1 Å². The van der Waals surface area contributed by atoms with Gasteiger partial charge in [-0.1, -0.05) is 37.0 Å². The summed E-state index contributed by atoms with van der Waals surface area (Å²) in [6.07, 6.45) is 1.43. The van der Waals surface area contributed by atoms with Gasteiger partial charge in [0, 0.05) is 5.02 Å². The highest BCUT2D eigenvalue weighted by Crippen LogP contribution is 2.28. The average Bonchev–Trinajstić information content (AvgIpc) is 2.76. The van der Waals surface area contributed by atoms with Gasteiger partial charge in [0.25, 0.3) is 11.8 Å². The fraction of sp³-hybridized carbons (Fsp3) is 0.304. The summed E-state index contributed by atoms with van der Waals surface area (Å²) >= 11 is 12.0. The van der Waals surface area contributed by atoms with Crippen molar-refractivity contribution in [1.29, 1.82) is 5.26 Å². The Morgan fingerprint density at radius 2 is 1.91 bits per heavy atom. The van der Waals surface area contributed by atoms with Gasteiger partial charge >= 0.3 is 0 Å². The molecule has 0 aliphatic heterocycles. The zero-order valence-corrected chi connectivity index (χ0v) is 19.9. The lowest BCUT2D eigenvalue weighted by molar-refractivity contribution is -0.123. The highest BCUT2D eigenvalue weighted by atomic mass is 35.5. The maximum atomic E-state index is 12.7. The number of hydrogen-bond acceptors (Lipinski definition) is 6. The Morgan fingerprint density at radius 3 is 2.55 bits per heavy atom. The van der Waals surface area contributed by atoms with Gasteiger partial charge < -0.3 is 14.8 Å². The molecule has 2 rings (SSSR count). The predicted octanol–water partition coefficient (Wildman–Crippen LogP) is 4.20. The molecule has 10 heteroatoms.